The van der Waals surface area contributed by atoms with Gasteiger partial charge in [-0.05, 0) is 110 Å². The monoisotopic (exact) mass is 908 g/mol. The second-order valence-electron chi connectivity index (χ2n) is 15.1. The van der Waals surface area contributed by atoms with Gasteiger partial charge in [-0.3, -0.25) is 9.69 Å². The minimum absolute atomic E-state index is 0.0158. The topological polar surface area (TPSA) is 144 Å². The van der Waals surface area contributed by atoms with Crippen molar-refractivity contribution in [3.05, 3.63) is 132 Å². The zero-order chi connectivity index (χ0) is 44.2. The standard InChI is InChI=1S/C44H44ClF3N6O6S2/c1-52(2)21-5-19-49-40-17-14-36(28-42(40)61(56,57)44(46,47)48)62(58,59)51-43(55)38-15-12-34(27-41(38)60-35-13-16-39-31(26-35)18-20-50-39)54-24-22-53(23-25-54)29-32-6-3-4-7-37(32)30-8-10-33(45)11-9-30/h3-4,6-18,20,26-28,49-50H,5,19,21-25,29H2,1-2H3,(H,51,55). The van der Waals surface area contributed by atoms with Crippen molar-refractivity contribution in [3.8, 4) is 22.6 Å². The molecule has 2 heterocycles. The number of hydrogen-bond donors (Lipinski definition) is 3. The van der Waals surface area contributed by atoms with Crippen molar-refractivity contribution in [2.75, 3.05) is 63.6 Å². The summed E-state index contributed by atoms with van der Waals surface area (Å²) in [5.74, 6) is -0.780. The first-order valence-corrected chi connectivity index (χ1v) is 22.9. The molecule has 12 nitrogen and oxygen atoms in total. The second kappa shape index (κ2) is 18.4. The van der Waals surface area contributed by atoms with Crippen LogP contribution in [0.4, 0.5) is 24.5 Å². The van der Waals surface area contributed by atoms with E-state index in [4.69, 9.17) is 16.3 Å². The molecule has 0 aliphatic carbocycles. The molecule has 0 bridgehead atoms. The second-order valence-corrected chi connectivity index (χ2v) is 19.1. The van der Waals surface area contributed by atoms with E-state index in [1.165, 1.54) is 11.6 Å². The van der Waals surface area contributed by atoms with Crippen molar-refractivity contribution >= 4 is 59.6 Å². The average molecular weight is 909 g/mol. The Balaban J connectivity index is 1.13. The number of H-pyrrole nitrogens is 1. The summed E-state index contributed by atoms with van der Waals surface area (Å²) >= 11 is 6.14. The Hall–Kier alpha value is -5.59. The first-order chi connectivity index (χ1) is 29.5. The molecule has 5 aromatic carbocycles. The van der Waals surface area contributed by atoms with Gasteiger partial charge in [-0.2, -0.15) is 13.2 Å². The van der Waals surface area contributed by atoms with Gasteiger partial charge in [0.05, 0.1) is 16.1 Å². The van der Waals surface area contributed by atoms with E-state index in [2.05, 4.69) is 32.2 Å². The molecule has 1 aromatic heterocycles. The minimum Gasteiger partial charge on any atom is -0.456 e. The molecule has 1 aliphatic heterocycles. The fourth-order valence-electron chi connectivity index (χ4n) is 7.19. The van der Waals surface area contributed by atoms with Crippen LogP contribution in [0, 0.1) is 0 Å². The number of nitrogens with one attached hydrogen (secondary N) is 3. The zero-order valence-electron chi connectivity index (χ0n) is 33.7. The Kier molecular flexibility index (Phi) is 13.2. The third-order valence-electron chi connectivity index (χ3n) is 10.4. The number of nitrogens with zero attached hydrogens (tertiary/aromatic N) is 3. The number of sulfonamides is 1. The number of rotatable bonds is 15. The third-order valence-corrected chi connectivity index (χ3v) is 13.6. The van der Waals surface area contributed by atoms with Crippen LogP contribution in [0.15, 0.2) is 125 Å². The van der Waals surface area contributed by atoms with Crippen LogP contribution in [0.25, 0.3) is 22.0 Å². The SMILES string of the molecule is CN(C)CCCNc1ccc(S(=O)(=O)NC(=O)c2ccc(N3CCN(Cc4ccccc4-c4ccc(Cl)cc4)CC3)cc2Oc2ccc3[nH]ccc3c2)cc1S(=O)(=O)C(F)(F)F. The maximum absolute atomic E-state index is 13.9. The Morgan fingerprint density at radius 2 is 1.61 bits per heavy atom. The predicted octanol–water partition coefficient (Wildman–Crippen LogP) is 8.38. The molecular formula is C44H44ClF3N6O6S2. The van der Waals surface area contributed by atoms with Crippen molar-refractivity contribution in [2.45, 2.75) is 28.3 Å². The summed E-state index contributed by atoms with van der Waals surface area (Å²) in [6.07, 6.45) is 2.21. The van der Waals surface area contributed by atoms with Crippen molar-refractivity contribution in [1.82, 2.24) is 19.5 Å². The number of halogens is 4. The third kappa shape index (κ3) is 10.2. The van der Waals surface area contributed by atoms with Crippen LogP contribution in [-0.4, -0.2) is 96.4 Å². The maximum Gasteiger partial charge on any atom is 0.501 e. The lowest BCUT2D eigenvalue weighted by atomic mass is 9.99. The fraction of sp³-hybridized carbons (Fsp3) is 0.250. The van der Waals surface area contributed by atoms with Crippen LogP contribution in [-0.2, 0) is 26.4 Å². The number of benzene rings is 5. The molecule has 0 spiro atoms. The quantitative estimate of drug-likeness (QED) is 0.0860. The van der Waals surface area contributed by atoms with Crippen molar-refractivity contribution in [3.63, 3.8) is 0 Å². The fourth-order valence-corrected chi connectivity index (χ4v) is 9.35. The van der Waals surface area contributed by atoms with Crippen LogP contribution in [0.2, 0.25) is 5.02 Å². The number of anilines is 2. The molecule has 0 unspecified atom stereocenters. The van der Waals surface area contributed by atoms with Crippen LogP contribution >= 0.6 is 11.6 Å². The van der Waals surface area contributed by atoms with Gasteiger partial charge in [0.2, 0.25) is 0 Å². The van der Waals surface area contributed by atoms with Gasteiger partial charge < -0.3 is 24.8 Å². The van der Waals surface area contributed by atoms with Gasteiger partial charge in [0, 0.05) is 73.1 Å². The number of amides is 1. The lowest BCUT2D eigenvalue weighted by Gasteiger charge is -2.36. The van der Waals surface area contributed by atoms with Gasteiger partial charge in [-0.25, -0.2) is 21.6 Å². The summed E-state index contributed by atoms with van der Waals surface area (Å²) in [5.41, 5.74) is -1.44. The highest BCUT2D eigenvalue weighted by Gasteiger charge is 2.48. The molecular weight excluding hydrogens is 865 g/mol. The first-order valence-electron chi connectivity index (χ1n) is 19.6. The summed E-state index contributed by atoms with van der Waals surface area (Å²) in [6, 6.07) is 30.0. The predicted molar refractivity (Wildman–Crippen MR) is 235 cm³/mol. The molecule has 0 atom stereocenters. The zero-order valence-corrected chi connectivity index (χ0v) is 36.1. The first kappa shape index (κ1) is 44.5. The van der Waals surface area contributed by atoms with E-state index >= 15 is 0 Å². The molecule has 1 aliphatic rings. The maximum atomic E-state index is 13.9. The number of carbonyl (C=O) groups is 1. The summed E-state index contributed by atoms with van der Waals surface area (Å²) in [7, 11) is -7.35. The Morgan fingerprint density at radius 1 is 0.871 bits per heavy atom. The summed E-state index contributed by atoms with van der Waals surface area (Å²) < 4.78 is 102. The average Bonchev–Trinajstić information content (AvgIpc) is 3.71. The molecule has 326 valence electrons. The van der Waals surface area contributed by atoms with E-state index < -0.39 is 46.8 Å². The lowest BCUT2D eigenvalue weighted by molar-refractivity contribution is -0.0435. The Morgan fingerprint density at radius 3 is 2.34 bits per heavy atom. The van der Waals surface area contributed by atoms with E-state index in [0.29, 0.717) is 61.7 Å². The van der Waals surface area contributed by atoms with Crippen LogP contribution in [0.5, 0.6) is 11.5 Å². The Bertz CT molecular complexity index is 2790. The van der Waals surface area contributed by atoms with Gasteiger partial charge in [0.25, 0.3) is 25.8 Å². The molecule has 0 radical (unpaired) electrons. The van der Waals surface area contributed by atoms with Gasteiger partial charge in [0.15, 0.2) is 0 Å². The highest BCUT2D eigenvalue weighted by Crippen LogP contribution is 2.37. The largest absolute Gasteiger partial charge is 0.501 e. The van der Waals surface area contributed by atoms with Gasteiger partial charge in [-0.15, -0.1) is 0 Å². The van der Waals surface area contributed by atoms with Gasteiger partial charge in [0.1, 0.15) is 16.4 Å². The molecule has 1 amide bonds. The van der Waals surface area contributed by atoms with Crippen molar-refractivity contribution < 1.29 is 39.5 Å². The van der Waals surface area contributed by atoms with Crippen LogP contribution in [0.1, 0.15) is 22.3 Å². The van der Waals surface area contributed by atoms with Gasteiger partial charge >= 0.3 is 5.51 Å². The highest BCUT2D eigenvalue weighted by atomic mass is 35.5. The molecule has 18 heteroatoms. The summed E-state index contributed by atoms with van der Waals surface area (Å²) in [4.78, 5) is 21.1. The molecule has 0 saturated carbocycles. The van der Waals surface area contributed by atoms with E-state index in [1.807, 2.05) is 52.1 Å². The van der Waals surface area contributed by atoms with E-state index in [-0.39, 0.29) is 17.9 Å². The molecule has 1 saturated heterocycles. The van der Waals surface area contributed by atoms with E-state index in [0.717, 1.165) is 40.7 Å². The molecule has 3 N–H and O–H groups in total. The summed E-state index contributed by atoms with van der Waals surface area (Å²) in [6.45, 7) is 4.06. The number of hydrogen-bond acceptors (Lipinski definition) is 10. The molecule has 1 fully saturated rings. The number of ether oxygens (including phenoxy) is 1. The van der Waals surface area contributed by atoms with Crippen LogP contribution in [0.3, 0.4) is 0 Å². The number of fused-ring (bicyclic) bond motifs is 1. The Labute approximate surface area is 363 Å². The lowest BCUT2D eigenvalue weighted by Crippen LogP contribution is -2.46. The number of carbonyl (C=O) groups excluding carboxylic acids is 1. The molecule has 6 aromatic rings. The molecule has 7 rings (SSSR count). The number of alkyl halides is 3. The summed E-state index contributed by atoms with van der Waals surface area (Å²) in [5, 5.41) is 4.16. The molecule has 62 heavy (non-hydrogen) atoms. The number of aromatic amines is 1. The van der Waals surface area contributed by atoms with Crippen molar-refractivity contribution in [2.24, 2.45) is 0 Å². The number of piperazine rings is 1. The van der Waals surface area contributed by atoms with E-state index in [1.54, 1.807) is 50.6 Å². The minimum atomic E-state index is -6.01. The number of sulfone groups is 1. The van der Waals surface area contributed by atoms with Crippen LogP contribution < -0.4 is 19.7 Å². The normalized spacial score (nSPS) is 14.0. The van der Waals surface area contributed by atoms with Crippen molar-refractivity contribution in [1.29, 1.82) is 0 Å². The highest BCUT2D eigenvalue weighted by molar-refractivity contribution is 7.92. The number of aromatic nitrogens is 1. The smallest absolute Gasteiger partial charge is 0.456 e. The van der Waals surface area contributed by atoms with E-state index in [9.17, 15) is 34.8 Å². The van der Waals surface area contributed by atoms with Gasteiger partial charge in [-0.1, -0.05) is 48.0 Å².